The molecule has 5 heteroatoms. The number of hydrogen-bond donors (Lipinski definition) is 2. The minimum atomic E-state index is -0.892. The number of aliphatic hydroxyl groups excluding tert-OH is 1. The molecule has 138 valence electrons. The van der Waals surface area contributed by atoms with Crippen molar-refractivity contribution in [3.63, 3.8) is 0 Å². The summed E-state index contributed by atoms with van der Waals surface area (Å²) < 4.78 is 11.1. The first-order valence-corrected chi connectivity index (χ1v) is 8.91. The fourth-order valence-electron chi connectivity index (χ4n) is 4.00. The summed E-state index contributed by atoms with van der Waals surface area (Å²) >= 11 is 0. The number of ether oxygens (including phenoxy) is 2. The first-order chi connectivity index (χ1) is 11.6. The third-order valence-electron chi connectivity index (χ3n) is 5.48. The molecule has 3 rings (SSSR count). The fourth-order valence-corrected chi connectivity index (χ4v) is 4.00. The molecule has 3 fully saturated rings. The highest BCUT2D eigenvalue weighted by atomic mass is 16.6. The van der Waals surface area contributed by atoms with Crippen LogP contribution in [0.2, 0.25) is 0 Å². The molecule has 5 nitrogen and oxygen atoms in total. The van der Waals surface area contributed by atoms with Crippen LogP contribution in [0.5, 0.6) is 0 Å². The van der Waals surface area contributed by atoms with Crippen LogP contribution in [-0.4, -0.2) is 46.2 Å². The van der Waals surface area contributed by atoms with E-state index in [1.54, 1.807) is 19.9 Å². The highest BCUT2D eigenvalue weighted by Crippen LogP contribution is 2.49. The minimum Gasteiger partial charge on any atom is -0.461 e. The zero-order valence-corrected chi connectivity index (χ0v) is 15.2. The van der Waals surface area contributed by atoms with Gasteiger partial charge < -0.3 is 19.7 Å². The number of fused-ring (bicyclic) bond motifs is 2. The third kappa shape index (κ3) is 3.89. The predicted octanol–water partition coefficient (Wildman–Crippen LogP) is 2.29. The zero-order valence-electron chi connectivity index (χ0n) is 15.2. The predicted molar refractivity (Wildman–Crippen MR) is 93.7 cm³/mol. The van der Waals surface area contributed by atoms with E-state index in [0.29, 0.717) is 12.0 Å². The molecule has 0 amide bonds. The number of rotatable bonds is 2. The normalized spacial score (nSPS) is 40.8. The van der Waals surface area contributed by atoms with Gasteiger partial charge in [0.1, 0.15) is 12.7 Å². The lowest BCUT2D eigenvalue weighted by atomic mass is 9.76. The van der Waals surface area contributed by atoms with Crippen molar-refractivity contribution < 1.29 is 24.5 Å². The Balaban J connectivity index is 1.88. The van der Waals surface area contributed by atoms with E-state index in [1.165, 1.54) is 0 Å². The molecule has 3 aliphatic rings. The van der Waals surface area contributed by atoms with Crippen LogP contribution in [0.1, 0.15) is 40.0 Å². The van der Waals surface area contributed by atoms with Gasteiger partial charge in [0.25, 0.3) is 0 Å². The molecular formula is C20H28O5. The van der Waals surface area contributed by atoms with Crippen LogP contribution >= 0.6 is 0 Å². The van der Waals surface area contributed by atoms with Crippen LogP contribution in [0.25, 0.3) is 0 Å². The topological polar surface area (TPSA) is 79.3 Å². The van der Waals surface area contributed by atoms with E-state index in [-0.39, 0.29) is 30.2 Å². The summed E-state index contributed by atoms with van der Waals surface area (Å²) in [6, 6.07) is 0. The Kier molecular flexibility index (Phi) is 4.69. The first kappa shape index (κ1) is 18.4. The van der Waals surface area contributed by atoms with Crippen LogP contribution in [0.3, 0.4) is 0 Å². The maximum Gasteiger partial charge on any atom is 0.314 e. The summed E-state index contributed by atoms with van der Waals surface area (Å²) in [5, 5.41) is 20.2. The van der Waals surface area contributed by atoms with Gasteiger partial charge in [-0.05, 0) is 45.6 Å². The van der Waals surface area contributed by atoms with Gasteiger partial charge in [0, 0.05) is 5.92 Å². The second-order valence-electron chi connectivity index (χ2n) is 8.27. The van der Waals surface area contributed by atoms with Crippen molar-refractivity contribution >= 4 is 5.97 Å². The first-order valence-electron chi connectivity index (χ1n) is 8.91. The van der Waals surface area contributed by atoms with Gasteiger partial charge in [0.05, 0.1) is 23.2 Å². The number of hydrogen-bond acceptors (Lipinski definition) is 5. The smallest absolute Gasteiger partial charge is 0.314 e. The molecular weight excluding hydrogens is 320 g/mol. The summed E-state index contributed by atoms with van der Waals surface area (Å²) in [5.41, 5.74) is 0.517. The number of cyclic esters (lactones) is 1. The summed E-state index contributed by atoms with van der Waals surface area (Å²) in [4.78, 5) is 12.4. The monoisotopic (exact) mass is 348 g/mol. The number of aliphatic hydroxyl groups is 2. The molecule has 25 heavy (non-hydrogen) atoms. The van der Waals surface area contributed by atoms with Crippen LogP contribution in [0.15, 0.2) is 36.0 Å². The van der Waals surface area contributed by atoms with Crippen LogP contribution in [0, 0.1) is 11.8 Å². The van der Waals surface area contributed by atoms with Gasteiger partial charge in [-0.3, -0.25) is 4.79 Å². The lowest BCUT2D eigenvalue weighted by Crippen LogP contribution is -2.36. The van der Waals surface area contributed by atoms with Gasteiger partial charge in [-0.2, -0.15) is 0 Å². The number of allylic oxidation sites excluding steroid dienone is 2. The fraction of sp³-hybridized carbons (Fsp3) is 0.650. The van der Waals surface area contributed by atoms with E-state index in [2.05, 4.69) is 6.58 Å². The largest absolute Gasteiger partial charge is 0.461 e. The molecule has 1 aliphatic carbocycles. The highest BCUT2D eigenvalue weighted by molar-refractivity contribution is 5.78. The Labute approximate surface area is 149 Å². The van der Waals surface area contributed by atoms with Gasteiger partial charge in [-0.25, -0.2) is 0 Å². The van der Waals surface area contributed by atoms with Crippen molar-refractivity contribution in [3.8, 4) is 0 Å². The van der Waals surface area contributed by atoms with E-state index in [0.717, 1.165) is 18.4 Å². The molecule has 0 aromatic carbocycles. The summed E-state index contributed by atoms with van der Waals surface area (Å²) in [6.45, 7) is 9.76. The Morgan fingerprint density at radius 3 is 2.80 bits per heavy atom. The molecule has 0 bridgehead atoms. The quantitative estimate of drug-likeness (QED) is 0.455. The Bertz CT molecular complexity index is 626. The summed E-state index contributed by atoms with van der Waals surface area (Å²) in [6.07, 6.45) is 6.55. The number of epoxide rings is 1. The molecule has 1 saturated carbocycles. The van der Waals surface area contributed by atoms with Gasteiger partial charge in [-0.1, -0.05) is 30.4 Å². The molecule has 2 aliphatic heterocycles. The van der Waals surface area contributed by atoms with Crippen molar-refractivity contribution in [2.75, 3.05) is 6.61 Å². The number of esters is 1. The molecule has 0 spiro atoms. The minimum absolute atomic E-state index is 0.00724. The zero-order chi connectivity index (χ0) is 18.4. The van der Waals surface area contributed by atoms with E-state index < -0.39 is 17.6 Å². The van der Waals surface area contributed by atoms with E-state index in [4.69, 9.17) is 9.47 Å². The maximum absolute atomic E-state index is 12.4. The van der Waals surface area contributed by atoms with Crippen LogP contribution in [-0.2, 0) is 14.3 Å². The van der Waals surface area contributed by atoms with Gasteiger partial charge in [0.2, 0.25) is 0 Å². The van der Waals surface area contributed by atoms with Gasteiger partial charge in [-0.15, -0.1) is 0 Å². The molecule has 2 saturated heterocycles. The summed E-state index contributed by atoms with van der Waals surface area (Å²) in [5.74, 6) is -0.689. The second kappa shape index (κ2) is 6.38. The summed E-state index contributed by atoms with van der Waals surface area (Å²) in [7, 11) is 0. The molecule has 2 N–H and O–H groups in total. The van der Waals surface area contributed by atoms with Crippen molar-refractivity contribution in [2.24, 2.45) is 11.8 Å². The highest BCUT2D eigenvalue weighted by Gasteiger charge is 2.57. The standard InChI is InChI=1S/C20H28O5/c1-12-10-15(21)17-20(4,25-17)9-7-14-13(6-5-8-19(2,3)23)11-24-18(22)16(12)14/h5-6,8,14-17,21,23H,1,7,9-11H2,2-4H3/b8-5+,13-6-/t14-,15-,16+,17-,20-/m1/s1. The SMILES string of the molecule is C=C1C[C@@H](O)[C@H]2O[C@]2(C)CC[C@@H]2/C(=C\C=C\C(C)(C)O)COC(=O)[C@@H]12. The molecule has 0 aromatic rings. The van der Waals surface area contributed by atoms with Gasteiger partial charge in [0.15, 0.2) is 0 Å². The Morgan fingerprint density at radius 1 is 1.40 bits per heavy atom. The maximum atomic E-state index is 12.4. The van der Waals surface area contributed by atoms with E-state index >= 15 is 0 Å². The second-order valence-corrected chi connectivity index (χ2v) is 8.27. The third-order valence-corrected chi connectivity index (χ3v) is 5.48. The van der Waals surface area contributed by atoms with E-state index in [9.17, 15) is 15.0 Å². The van der Waals surface area contributed by atoms with Gasteiger partial charge >= 0.3 is 5.97 Å². The molecule has 2 heterocycles. The average molecular weight is 348 g/mol. The van der Waals surface area contributed by atoms with Crippen molar-refractivity contribution in [3.05, 3.63) is 36.0 Å². The molecule has 0 radical (unpaired) electrons. The Morgan fingerprint density at radius 2 is 2.12 bits per heavy atom. The lowest BCUT2D eigenvalue weighted by molar-refractivity contribution is -0.151. The number of carbonyl (C=O) groups excluding carboxylic acids is 1. The Hall–Kier alpha value is -1.43. The number of carbonyl (C=O) groups is 1. The van der Waals surface area contributed by atoms with Crippen LogP contribution in [0.4, 0.5) is 0 Å². The lowest BCUT2D eigenvalue weighted by Gasteiger charge is -2.34. The average Bonchev–Trinajstić information content (AvgIpc) is 3.17. The van der Waals surface area contributed by atoms with E-state index in [1.807, 2.05) is 19.1 Å². The van der Waals surface area contributed by atoms with Crippen LogP contribution < -0.4 is 0 Å². The van der Waals surface area contributed by atoms with Crippen molar-refractivity contribution in [1.82, 2.24) is 0 Å². The molecule has 5 atom stereocenters. The van der Waals surface area contributed by atoms with Crippen molar-refractivity contribution in [1.29, 1.82) is 0 Å². The molecule has 0 aromatic heterocycles. The van der Waals surface area contributed by atoms with Crippen molar-refractivity contribution in [2.45, 2.75) is 63.4 Å². The molecule has 0 unspecified atom stereocenters.